The Bertz CT molecular complexity index is 204. The van der Waals surface area contributed by atoms with Crippen LogP contribution in [0, 0.1) is 5.92 Å². The number of aliphatic hydroxyl groups excluding tert-OH is 1. The molecule has 0 heterocycles. The van der Waals surface area contributed by atoms with E-state index in [1.165, 1.54) is 50.5 Å². The van der Waals surface area contributed by atoms with Gasteiger partial charge in [0.05, 0.1) is 6.10 Å². The molecule has 1 aliphatic rings. The summed E-state index contributed by atoms with van der Waals surface area (Å²) >= 11 is 0. The summed E-state index contributed by atoms with van der Waals surface area (Å²) in [5.74, 6) is 0.860. The minimum Gasteiger partial charge on any atom is -0.393 e. The monoisotopic (exact) mass is 238 g/mol. The number of hydrogen-bond donors (Lipinski definition) is 1. The fourth-order valence-electron chi connectivity index (χ4n) is 2.95. The van der Waals surface area contributed by atoms with Crippen LogP contribution in [-0.4, -0.2) is 11.2 Å². The lowest BCUT2D eigenvalue weighted by Gasteiger charge is -2.23. The Morgan fingerprint density at radius 2 is 1.94 bits per heavy atom. The maximum absolute atomic E-state index is 9.91. The van der Waals surface area contributed by atoms with E-state index in [1.807, 2.05) is 0 Å². The summed E-state index contributed by atoms with van der Waals surface area (Å²) < 4.78 is 0. The standard InChI is InChI=1S/C16H30O/c1-3-4-6-11-16(17)13-14(2)12-15-9-7-5-8-10-15/h15-17H,2-13H2,1H3/t16-/m1/s1. The molecule has 0 amide bonds. The quantitative estimate of drug-likeness (QED) is 0.473. The van der Waals surface area contributed by atoms with Gasteiger partial charge in [-0.1, -0.05) is 70.4 Å². The first kappa shape index (κ1) is 14.8. The molecule has 0 radical (unpaired) electrons. The molecule has 100 valence electrons. The minimum atomic E-state index is -0.141. The highest BCUT2D eigenvalue weighted by Gasteiger charge is 2.15. The topological polar surface area (TPSA) is 20.2 Å². The molecule has 0 aromatic heterocycles. The van der Waals surface area contributed by atoms with Gasteiger partial charge in [0.25, 0.3) is 0 Å². The summed E-state index contributed by atoms with van der Waals surface area (Å²) in [6, 6.07) is 0. The molecule has 1 aliphatic carbocycles. The van der Waals surface area contributed by atoms with E-state index in [2.05, 4.69) is 13.5 Å². The molecule has 0 unspecified atom stereocenters. The first-order chi connectivity index (χ1) is 8.22. The van der Waals surface area contributed by atoms with Crippen molar-refractivity contribution in [2.75, 3.05) is 0 Å². The van der Waals surface area contributed by atoms with Crippen molar-refractivity contribution in [1.82, 2.24) is 0 Å². The molecule has 0 spiro atoms. The Morgan fingerprint density at radius 3 is 2.59 bits per heavy atom. The van der Waals surface area contributed by atoms with Gasteiger partial charge < -0.3 is 5.11 Å². The van der Waals surface area contributed by atoms with Crippen molar-refractivity contribution in [2.24, 2.45) is 5.92 Å². The lowest BCUT2D eigenvalue weighted by molar-refractivity contribution is 0.158. The number of aliphatic hydroxyl groups is 1. The Hall–Kier alpha value is -0.300. The predicted molar refractivity (Wildman–Crippen MR) is 75.1 cm³/mol. The highest BCUT2D eigenvalue weighted by atomic mass is 16.3. The van der Waals surface area contributed by atoms with Crippen molar-refractivity contribution in [3.05, 3.63) is 12.2 Å². The molecule has 1 fully saturated rings. The number of hydrogen-bond acceptors (Lipinski definition) is 1. The summed E-state index contributed by atoms with van der Waals surface area (Å²) in [6.45, 7) is 6.36. The van der Waals surface area contributed by atoms with Crippen LogP contribution in [0.2, 0.25) is 0 Å². The molecule has 1 atom stereocenters. The average molecular weight is 238 g/mol. The van der Waals surface area contributed by atoms with Crippen molar-refractivity contribution < 1.29 is 5.11 Å². The molecule has 1 heteroatoms. The second kappa shape index (κ2) is 8.74. The summed E-state index contributed by atoms with van der Waals surface area (Å²) in [4.78, 5) is 0. The van der Waals surface area contributed by atoms with Crippen LogP contribution in [0.4, 0.5) is 0 Å². The van der Waals surface area contributed by atoms with Gasteiger partial charge in [-0.25, -0.2) is 0 Å². The van der Waals surface area contributed by atoms with E-state index in [-0.39, 0.29) is 6.10 Å². The van der Waals surface area contributed by atoms with Crippen LogP contribution in [0.25, 0.3) is 0 Å². The van der Waals surface area contributed by atoms with Crippen molar-refractivity contribution >= 4 is 0 Å². The van der Waals surface area contributed by atoms with Gasteiger partial charge in [-0.3, -0.25) is 0 Å². The molecule has 0 aromatic rings. The zero-order valence-corrected chi connectivity index (χ0v) is 11.6. The zero-order valence-electron chi connectivity index (χ0n) is 11.6. The number of unbranched alkanes of at least 4 members (excludes halogenated alkanes) is 2. The third kappa shape index (κ3) is 6.88. The summed E-state index contributed by atoms with van der Waals surface area (Å²) in [6.07, 6.45) is 13.4. The molecule has 0 aliphatic heterocycles. The van der Waals surface area contributed by atoms with Crippen LogP contribution in [0.1, 0.15) is 77.6 Å². The molecule has 0 bridgehead atoms. The SMILES string of the molecule is C=C(CC1CCCCC1)C[C@H](O)CCCCC. The van der Waals surface area contributed by atoms with E-state index in [0.29, 0.717) is 0 Å². The van der Waals surface area contributed by atoms with Crippen molar-refractivity contribution in [3.63, 3.8) is 0 Å². The molecule has 1 N–H and O–H groups in total. The average Bonchev–Trinajstić information content (AvgIpc) is 2.30. The lowest BCUT2D eigenvalue weighted by Crippen LogP contribution is -2.11. The zero-order chi connectivity index (χ0) is 12.5. The van der Waals surface area contributed by atoms with Gasteiger partial charge in [-0.05, 0) is 25.2 Å². The largest absolute Gasteiger partial charge is 0.393 e. The highest BCUT2D eigenvalue weighted by Crippen LogP contribution is 2.29. The molecule has 0 saturated heterocycles. The Balaban J connectivity index is 2.10. The highest BCUT2D eigenvalue weighted by molar-refractivity contribution is 4.98. The van der Waals surface area contributed by atoms with E-state index < -0.39 is 0 Å². The van der Waals surface area contributed by atoms with Crippen LogP contribution in [-0.2, 0) is 0 Å². The van der Waals surface area contributed by atoms with E-state index >= 15 is 0 Å². The van der Waals surface area contributed by atoms with Gasteiger partial charge in [0, 0.05) is 0 Å². The van der Waals surface area contributed by atoms with Crippen LogP contribution in [0.3, 0.4) is 0 Å². The summed E-state index contributed by atoms with van der Waals surface area (Å²) in [7, 11) is 0. The van der Waals surface area contributed by atoms with E-state index in [0.717, 1.165) is 31.6 Å². The van der Waals surface area contributed by atoms with E-state index in [1.54, 1.807) is 0 Å². The molecule has 17 heavy (non-hydrogen) atoms. The van der Waals surface area contributed by atoms with Gasteiger partial charge in [-0.2, -0.15) is 0 Å². The lowest BCUT2D eigenvalue weighted by atomic mass is 9.84. The molecule has 1 saturated carbocycles. The van der Waals surface area contributed by atoms with Gasteiger partial charge in [0.1, 0.15) is 0 Å². The Morgan fingerprint density at radius 1 is 1.24 bits per heavy atom. The van der Waals surface area contributed by atoms with E-state index in [9.17, 15) is 5.11 Å². The van der Waals surface area contributed by atoms with Gasteiger partial charge in [0.2, 0.25) is 0 Å². The minimum absolute atomic E-state index is 0.141. The molecular weight excluding hydrogens is 208 g/mol. The predicted octanol–water partition coefficient (Wildman–Crippen LogP) is 4.84. The molecule has 0 aromatic carbocycles. The van der Waals surface area contributed by atoms with Gasteiger partial charge in [-0.15, -0.1) is 0 Å². The maximum Gasteiger partial charge on any atom is 0.0577 e. The first-order valence-corrected chi connectivity index (χ1v) is 7.57. The van der Waals surface area contributed by atoms with Crippen LogP contribution in [0.15, 0.2) is 12.2 Å². The van der Waals surface area contributed by atoms with Crippen LogP contribution >= 0.6 is 0 Å². The molecule has 1 nitrogen and oxygen atoms in total. The Labute approximate surface area is 107 Å². The van der Waals surface area contributed by atoms with Crippen molar-refractivity contribution in [1.29, 1.82) is 0 Å². The normalized spacial score (nSPS) is 19.2. The summed E-state index contributed by atoms with van der Waals surface area (Å²) in [5.41, 5.74) is 1.28. The first-order valence-electron chi connectivity index (χ1n) is 7.57. The maximum atomic E-state index is 9.91. The van der Waals surface area contributed by atoms with E-state index in [4.69, 9.17) is 0 Å². The van der Waals surface area contributed by atoms with Gasteiger partial charge >= 0.3 is 0 Å². The Kier molecular flexibility index (Phi) is 7.59. The smallest absolute Gasteiger partial charge is 0.0577 e. The fraction of sp³-hybridized carbons (Fsp3) is 0.875. The molecular formula is C16H30O. The van der Waals surface area contributed by atoms with Crippen LogP contribution < -0.4 is 0 Å². The second-order valence-corrected chi connectivity index (χ2v) is 5.81. The third-order valence-corrected chi connectivity index (χ3v) is 3.97. The molecule has 1 rings (SSSR count). The third-order valence-electron chi connectivity index (χ3n) is 3.97. The van der Waals surface area contributed by atoms with Gasteiger partial charge in [0.15, 0.2) is 0 Å². The second-order valence-electron chi connectivity index (χ2n) is 5.81. The summed E-state index contributed by atoms with van der Waals surface area (Å²) in [5, 5.41) is 9.91. The van der Waals surface area contributed by atoms with Crippen molar-refractivity contribution in [2.45, 2.75) is 83.7 Å². The number of rotatable bonds is 8. The van der Waals surface area contributed by atoms with Crippen molar-refractivity contribution in [3.8, 4) is 0 Å². The fourth-order valence-corrected chi connectivity index (χ4v) is 2.95. The van der Waals surface area contributed by atoms with Crippen LogP contribution in [0.5, 0.6) is 0 Å².